The topological polar surface area (TPSA) is 23.8 Å². The van der Waals surface area contributed by atoms with Gasteiger partial charge in [0.15, 0.2) is 0 Å². The molecule has 3 rings (SSSR count). The zero-order valence-electron chi connectivity index (χ0n) is 18.2. The number of hydrogen-bond donors (Lipinski definition) is 0. The fraction of sp³-hybridized carbons (Fsp3) is 0.350. The molecule has 1 aliphatic rings. The van der Waals surface area contributed by atoms with Crippen molar-refractivity contribution in [1.82, 2.24) is 0 Å². The molecule has 2 unspecified atom stereocenters. The third kappa shape index (κ3) is 12.3. The van der Waals surface area contributed by atoms with Crippen molar-refractivity contribution in [2.24, 2.45) is 0 Å². The average Bonchev–Trinajstić information content (AvgIpc) is 2.62. The maximum absolute atomic E-state index is 9.75. The fourth-order valence-corrected chi connectivity index (χ4v) is 6.69. The second-order valence-electron chi connectivity index (χ2n) is 7.39. The molecule has 182 valence electrons. The SMILES string of the molecule is Cc1c2cccc1C[S+](C)Cc1cccc(c1C#N)C[S+](C)C2.F[B-](F)(F)F.F[B-](F)(F)F. The molecule has 0 saturated carbocycles. The molecule has 0 N–H and O–H groups in total. The van der Waals surface area contributed by atoms with Crippen LogP contribution in [0.15, 0.2) is 36.4 Å². The van der Waals surface area contributed by atoms with Gasteiger partial charge in [0, 0.05) is 22.3 Å². The monoisotopic (exact) mass is 515 g/mol. The van der Waals surface area contributed by atoms with Crippen LogP contribution in [-0.2, 0) is 44.8 Å². The van der Waals surface area contributed by atoms with E-state index < -0.39 is 14.5 Å². The number of nitriles is 1. The number of nitrogens with zero attached hydrogens (tertiary/aromatic N) is 1. The lowest BCUT2D eigenvalue weighted by molar-refractivity contribution is 0.366. The zero-order chi connectivity index (χ0) is 25.4. The van der Waals surface area contributed by atoms with E-state index in [1.807, 2.05) is 0 Å². The first-order valence-electron chi connectivity index (χ1n) is 9.59. The summed E-state index contributed by atoms with van der Waals surface area (Å²) in [6.45, 7) is 2.28. The first kappa shape index (κ1) is 29.2. The number of fused-ring (bicyclic) bond motifs is 4. The highest BCUT2D eigenvalue weighted by atomic mass is 32.2. The van der Waals surface area contributed by atoms with E-state index in [0.29, 0.717) is 0 Å². The number of halogens is 8. The molecule has 2 aromatic rings. The lowest BCUT2D eigenvalue weighted by Crippen LogP contribution is -2.14. The van der Waals surface area contributed by atoms with Crippen LogP contribution < -0.4 is 0 Å². The standard InChI is InChI=1S/C20H23NS2.2BF4/c1-15-16-6-4-7-17(15)12-23(3)14-19-9-5-8-18(20(19)10-21)13-22(2)11-16;2*2-1(3,4)5/h4-9H,11-14H2,1-3H3;;/q+2;2*-1. The molecular formula is C20H23B2F8NS2. The minimum Gasteiger partial charge on any atom is -0.418 e. The van der Waals surface area contributed by atoms with E-state index in [9.17, 15) is 39.8 Å². The summed E-state index contributed by atoms with van der Waals surface area (Å²) in [7, 11) is -11.5. The Bertz CT molecular complexity index is 886. The van der Waals surface area contributed by atoms with E-state index in [1.54, 1.807) is 0 Å². The van der Waals surface area contributed by atoms with E-state index in [0.717, 1.165) is 28.6 Å². The van der Waals surface area contributed by atoms with Crippen LogP contribution in [0.25, 0.3) is 0 Å². The molecule has 0 aromatic heterocycles. The second kappa shape index (κ2) is 12.6. The molecule has 0 amide bonds. The predicted octanol–water partition coefficient (Wildman–Crippen LogP) is 6.68. The van der Waals surface area contributed by atoms with Crippen LogP contribution in [0.3, 0.4) is 0 Å². The molecule has 2 atom stereocenters. The predicted molar refractivity (Wildman–Crippen MR) is 124 cm³/mol. The van der Waals surface area contributed by atoms with Gasteiger partial charge in [-0.1, -0.05) is 36.4 Å². The van der Waals surface area contributed by atoms with Crippen LogP contribution in [0, 0.1) is 18.3 Å². The Morgan fingerprint density at radius 3 is 1.24 bits per heavy atom. The minimum absolute atomic E-state index is 0.254. The van der Waals surface area contributed by atoms with E-state index in [4.69, 9.17) is 0 Å². The maximum atomic E-state index is 9.75. The van der Waals surface area contributed by atoms with Gasteiger partial charge < -0.3 is 34.5 Å². The van der Waals surface area contributed by atoms with Crippen LogP contribution in [0.5, 0.6) is 0 Å². The third-order valence-corrected chi connectivity index (χ3v) is 7.73. The van der Waals surface area contributed by atoms with Gasteiger partial charge in [-0.05, 0) is 34.3 Å². The molecule has 0 radical (unpaired) electrons. The third-order valence-electron chi connectivity index (χ3n) is 4.51. The molecule has 4 bridgehead atoms. The molecule has 0 saturated heterocycles. The van der Waals surface area contributed by atoms with Crippen LogP contribution in [-0.4, -0.2) is 27.0 Å². The van der Waals surface area contributed by atoms with Crippen molar-refractivity contribution in [3.8, 4) is 6.07 Å². The first-order valence-corrected chi connectivity index (χ1v) is 13.5. The summed E-state index contributed by atoms with van der Waals surface area (Å²) >= 11 is 0. The van der Waals surface area contributed by atoms with Gasteiger partial charge >= 0.3 is 14.5 Å². The van der Waals surface area contributed by atoms with E-state index >= 15 is 0 Å². The smallest absolute Gasteiger partial charge is 0.418 e. The summed E-state index contributed by atoms with van der Waals surface area (Å²) in [4.78, 5) is 0. The summed E-state index contributed by atoms with van der Waals surface area (Å²) < 4.78 is 78.0. The Morgan fingerprint density at radius 2 is 0.939 bits per heavy atom. The van der Waals surface area contributed by atoms with Gasteiger partial charge in [0.2, 0.25) is 0 Å². The quantitative estimate of drug-likeness (QED) is 0.218. The van der Waals surface area contributed by atoms with Crippen molar-refractivity contribution >= 4 is 36.3 Å². The van der Waals surface area contributed by atoms with Crippen LogP contribution >= 0.6 is 0 Å². The molecule has 33 heavy (non-hydrogen) atoms. The van der Waals surface area contributed by atoms with Crippen molar-refractivity contribution < 1.29 is 34.5 Å². The summed E-state index contributed by atoms with van der Waals surface area (Å²) in [5, 5.41) is 9.67. The molecule has 1 heterocycles. The number of benzene rings is 2. The summed E-state index contributed by atoms with van der Waals surface area (Å²) in [6.07, 6.45) is 4.66. The van der Waals surface area contributed by atoms with Gasteiger partial charge in [-0.25, -0.2) is 0 Å². The first-order chi connectivity index (χ1) is 15.1. The Kier molecular flexibility index (Phi) is 11.2. The van der Waals surface area contributed by atoms with Crippen molar-refractivity contribution in [1.29, 1.82) is 5.26 Å². The van der Waals surface area contributed by atoms with Crippen molar-refractivity contribution in [3.63, 3.8) is 0 Å². The highest BCUT2D eigenvalue weighted by Gasteiger charge is 2.24. The molecule has 2 aromatic carbocycles. The molecule has 0 aliphatic carbocycles. The molecule has 0 fully saturated rings. The molecular weight excluding hydrogens is 492 g/mol. The van der Waals surface area contributed by atoms with Crippen molar-refractivity contribution in [3.05, 3.63) is 69.8 Å². The Morgan fingerprint density at radius 1 is 0.667 bits per heavy atom. The Balaban J connectivity index is 0.000000460. The molecule has 0 spiro atoms. The average molecular weight is 515 g/mol. The van der Waals surface area contributed by atoms with Crippen LogP contribution in [0.1, 0.15) is 33.4 Å². The van der Waals surface area contributed by atoms with Crippen molar-refractivity contribution in [2.75, 3.05) is 12.5 Å². The largest absolute Gasteiger partial charge is 0.673 e. The normalized spacial score (nSPS) is 18.2. The summed E-state index contributed by atoms with van der Waals surface area (Å²) in [5.41, 5.74) is 7.87. The summed E-state index contributed by atoms with van der Waals surface area (Å²) in [5.74, 6) is 4.26. The van der Waals surface area contributed by atoms with Gasteiger partial charge in [0.25, 0.3) is 0 Å². The van der Waals surface area contributed by atoms with E-state index in [1.165, 1.54) is 27.8 Å². The Hall–Kier alpha value is -1.80. The van der Waals surface area contributed by atoms with Gasteiger partial charge in [0.05, 0.1) is 18.1 Å². The lowest BCUT2D eigenvalue weighted by atomic mass is 10.0. The highest BCUT2D eigenvalue weighted by Crippen LogP contribution is 2.26. The maximum Gasteiger partial charge on any atom is 0.673 e. The van der Waals surface area contributed by atoms with Crippen LogP contribution in [0.2, 0.25) is 0 Å². The highest BCUT2D eigenvalue weighted by molar-refractivity contribution is 7.95. The summed E-state index contributed by atoms with van der Waals surface area (Å²) in [6, 6.07) is 15.7. The zero-order valence-corrected chi connectivity index (χ0v) is 19.9. The van der Waals surface area contributed by atoms with Gasteiger partial charge in [-0.15, -0.1) is 0 Å². The molecule has 1 nitrogen and oxygen atoms in total. The fourth-order valence-electron chi connectivity index (χ4n) is 3.25. The number of rotatable bonds is 0. The van der Waals surface area contributed by atoms with Gasteiger partial charge in [-0.3, -0.25) is 0 Å². The van der Waals surface area contributed by atoms with Crippen molar-refractivity contribution in [2.45, 2.75) is 29.9 Å². The minimum atomic E-state index is -6.00. The molecule has 1 aliphatic heterocycles. The van der Waals surface area contributed by atoms with Gasteiger partial charge in [-0.2, -0.15) is 5.26 Å². The molecule has 13 heteroatoms. The van der Waals surface area contributed by atoms with E-state index in [2.05, 4.69) is 61.9 Å². The Labute approximate surface area is 194 Å². The van der Waals surface area contributed by atoms with Crippen LogP contribution in [0.4, 0.5) is 34.5 Å². The van der Waals surface area contributed by atoms with Gasteiger partial charge in [0.1, 0.15) is 29.1 Å². The lowest BCUT2D eigenvalue weighted by Gasteiger charge is -2.15. The number of hydrogen-bond acceptors (Lipinski definition) is 1. The van der Waals surface area contributed by atoms with E-state index in [-0.39, 0.29) is 21.8 Å². The second-order valence-corrected chi connectivity index (χ2v) is 11.7.